The number of carbonyl (C=O) groups is 2. The Hall–Kier alpha value is -3.63. The maximum Gasteiger partial charge on any atom is 0.472 e. The molecule has 0 bridgehead atoms. The van der Waals surface area contributed by atoms with Crippen molar-refractivity contribution in [2.24, 2.45) is 0 Å². The summed E-state index contributed by atoms with van der Waals surface area (Å²) in [7, 11) is -4.66. The van der Waals surface area contributed by atoms with Crippen LogP contribution in [0, 0.1) is 0 Å². The van der Waals surface area contributed by atoms with E-state index in [4.69, 9.17) is 19.1 Å². The van der Waals surface area contributed by atoms with Crippen LogP contribution >= 0.6 is 7.82 Å². The molecule has 0 saturated carbocycles. The Morgan fingerprint density at radius 1 is 0.525 bits per heavy atom. The Balaban J connectivity index is 4.55. The predicted octanol–water partition coefficient (Wildman–Crippen LogP) is 11.6. The number of aliphatic hydroxyl groups excluding tert-OH is 2. The average molecular weight is 843 g/mol. The SMILES string of the molecule is CC/C=C/C/C=C/C/C=C/C/C=C/C/C=C/CCCC(=O)O[C@H](COC(=O)CC/C=C/C/C=C/C/C=C/C/C=C/C/C=C/CCCCC)COP(=O)(O)OC[C@@H](O)CO. The highest BCUT2D eigenvalue weighted by Gasteiger charge is 2.27. The lowest BCUT2D eigenvalue weighted by molar-refractivity contribution is -0.161. The summed E-state index contributed by atoms with van der Waals surface area (Å²) in [5, 5.41) is 18.3. The quantitative estimate of drug-likeness (QED) is 0.0237. The summed E-state index contributed by atoms with van der Waals surface area (Å²) in [5.74, 6) is -1.10. The average Bonchev–Trinajstić information content (AvgIpc) is 3.22. The second-order valence-corrected chi connectivity index (χ2v) is 15.1. The van der Waals surface area contributed by atoms with Crippen LogP contribution < -0.4 is 0 Å². The minimum atomic E-state index is -4.66. The molecule has 0 heterocycles. The van der Waals surface area contributed by atoms with Gasteiger partial charge in [0, 0.05) is 12.8 Å². The molecule has 0 fully saturated rings. The molecular weight excluding hydrogens is 767 g/mol. The van der Waals surface area contributed by atoms with E-state index in [2.05, 4.69) is 116 Å². The van der Waals surface area contributed by atoms with Gasteiger partial charge in [0.15, 0.2) is 6.10 Å². The number of unbranched alkanes of at least 4 members (excludes halogenated alkanes) is 4. The smallest absolute Gasteiger partial charge is 0.462 e. The van der Waals surface area contributed by atoms with Crippen molar-refractivity contribution in [3.05, 3.63) is 122 Å². The number of rotatable bonds is 38. The van der Waals surface area contributed by atoms with Gasteiger partial charge in [-0.15, -0.1) is 0 Å². The van der Waals surface area contributed by atoms with Crippen molar-refractivity contribution < 1.29 is 47.8 Å². The third kappa shape index (κ3) is 42.3. The second kappa shape index (κ2) is 42.5. The van der Waals surface area contributed by atoms with Crippen LogP contribution in [0.5, 0.6) is 0 Å². The normalized spacial score (nSPS) is 15.0. The summed E-state index contributed by atoms with van der Waals surface area (Å²) in [6, 6.07) is 0. The molecule has 0 rings (SSSR count). The van der Waals surface area contributed by atoms with Crippen molar-refractivity contribution in [2.45, 2.75) is 142 Å². The van der Waals surface area contributed by atoms with Crippen LogP contribution in [-0.4, -0.2) is 65.7 Å². The van der Waals surface area contributed by atoms with Gasteiger partial charge in [-0.05, 0) is 89.9 Å². The molecule has 0 aliphatic carbocycles. The van der Waals surface area contributed by atoms with Crippen LogP contribution in [-0.2, 0) is 32.7 Å². The largest absolute Gasteiger partial charge is 0.472 e. The van der Waals surface area contributed by atoms with Crippen molar-refractivity contribution in [1.29, 1.82) is 0 Å². The van der Waals surface area contributed by atoms with Crippen LogP contribution in [0.15, 0.2) is 122 Å². The highest BCUT2D eigenvalue weighted by atomic mass is 31.2. The van der Waals surface area contributed by atoms with Gasteiger partial charge < -0.3 is 24.6 Å². The fourth-order valence-corrected chi connectivity index (χ4v) is 5.62. The molecule has 11 heteroatoms. The van der Waals surface area contributed by atoms with Gasteiger partial charge in [-0.1, -0.05) is 148 Å². The monoisotopic (exact) mass is 843 g/mol. The van der Waals surface area contributed by atoms with Crippen molar-refractivity contribution in [2.75, 3.05) is 26.4 Å². The first-order chi connectivity index (χ1) is 28.7. The zero-order valence-electron chi connectivity index (χ0n) is 35.9. The summed E-state index contributed by atoms with van der Waals surface area (Å²) < 4.78 is 32.5. The molecule has 0 aliphatic rings. The van der Waals surface area contributed by atoms with Gasteiger partial charge >= 0.3 is 19.8 Å². The van der Waals surface area contributed by atoms with Crippen molar-refractivity contribution in [3.63, 3.8) is 0 Å². The third-order valence-corrected chi connectivity index (χ3v) is 9.06. The Morgan fingerprint density at radius 3 is 1.41 bits per heavy atom. The van der Waals surface area contributed by atoms with E-state index < -0.39 is 51.8 Å². The number of allylic oxidation sites excluding steroid dienone is 20. The van der Waals surface area contributed by atoms with Crippen molar-refractivity contribution >= 4 is 19.8 Å². The molecule has 10 nitrogen and oxygen atoms in total. The van der Waals surface area contributed by atoms with Gasteiger partial charge in [0.2, 0.25) is 0 Å². The Bertz CT molecular complexity index is 1390. The maximum atomic E-state index is 12.6. The van der Waals surface area contributed by atoms with Gasteiger partial charge in [-0.2, -0.15) is 0 Å². The first-order valence-electron chi connectivity index (χ1n) is 21.5. The van der Waals surface area contributed by atoms with Crippen molar-refractivity contribution in [3.8, 4) is 0 Å². The lowest BCUT2D eigenvalue weighted by Crippen LogP contribution is -2.29. The Labute approximate surface area is 356 Å². The molecule has 0 spiro atoms. The number of aliphatic hydroxyl groups is 2. The summed E-state index contributed by atoms with van der Waals surface area (Å²) >= 11 is 0. The molecular formula is C48H75O10P. The lowest BCUT2D eigenvalue weighted by atomic mass is 10.2. The van der Waals surface area contributed by atoms with Crippen molar-refractivity contribution in [1.82, 2.24) is 0 Å². The number of hydrogen-bond donors (Lipinski definition) is 3. The number of phosphoric acid groups is 1. The number of esters is 2. The molecule has 0 aromatic heterocycles. The van der Waals surface area contributed by atoms with E-state index in [1.54, 1.807) is 0 Å². The van der Waals surface area contributed by atoms with E-state index in [-0.39, 0.29) is 19.4 Å². The molecule has 0 saturated heterocycles. The molecule has 0 radical (unpaired) electrons. The number of ether oxygens (including phenoxy) is 2. The minimum Gasteiger partial charge on any atom is -0.462 e. The Morgan fingerprint density at radius 2 is 0.949 bits per heavy atom. The van der Waals surface area contributed by atoms with E-state index >= 15 is 0 Å². The van der Waals surface area contributed by atoms with Crippen LogP contribution in [0.3, 0.4) is 0 Å². The summed E-state index contributed by atoms with van der Waals surface area (Å²) in [4.78, 5) is 34.9. The van der Waals surface area contributed by atoms with E-state index in [9.17, 15) is 24.2 Å². The van der Waals surface area contributed by atoms with Gasteiger partial charge in [-0.25, -0.2) is 4.57 Å². The first kappa shape index (κ1) is 55.4. The van der Waals surface area contributed by atoms with E-state index in [1.165, 1.54) is 25.7 Å². The topological polar surface area (TPSA) is 149 Å². The third-order valence-electron chi connectivity index (χ3n) is 8.11. The van der Waals surface area contributed by atoms with Crippen LogP contribution in [0.25, 0.3) is 0 Å². The van der Waals surface area contributed by atoms with Gasteiger partial charge in [0.1, 0.15) is 12.7 Å². The molecule has 0 aliphatic heterocycles. The van der Waals surface area contributed by atoms with Crippen LogP contribution in [0.4, 0.5) is 0 Å². The van der Waals surface area contributed by atoms with Crippen LogP contribution in [0.2, 0.25) is 0 Å². The molecule has 0 aromatic rings. The highest BCUT2D eigenvalue weighted by Crippen LogP contribution is 2.43. The van der Waals surface area contributed by atoms with E-state index in [0.717, 1.165) is 57.8 Å². The molecule has 332 valence electrons. The summed E-state index contributed by atoms with van der Waals surface area (Å²) in [5.41, 5.74) is 0. The van der Waals surface area contributed by atoms with Gasteiger partial charge in [-0.3, -0.25) is 18.6 Å². The fourth-order valence-electron chi connectivity index (χ4n) is 4.83. The molecule has 59 heavy (non-hydrogen) atoms. The second-order valence-electron chi connectivity index (χ2n) is 13.6. The van der Waals surface area contributed by atoms with Crippen LogP contribution in [0.1, 0.15) is 129 Å². The zero-order chi connectivity index (χ0) is 43.3. The first-order valence-corrected chi connectivity index (χ1v) is 23.0. The lowest BCUT2D eigenvalue weighted by Gasteiger charge is -2.20. The number of hydrogen-bond acceptors (Lipinski definition) is 9. The zero-order valence-corrected chi connectivity index (χ0v) is 36.8. The number of phosphoric ester groups is 1. The van der Waals surface area contributed by atoms with Gasteiger partial charge in [0.05, 0.1) is 19.8 Å². The standard InChI is InChI=1S/C48H75O10P/c1-3-5-7-9-11-13-15-17-19-21-22-24-25-27-29-31-33-35-37-39-47(51)55-43-46(44-57-59(53,54)56-42-45(50)41-49)58-48(52)40-38-36-34-32-30-28-26-23-20-18-16-14-12-10-8-6-4-2/h6,8,11-14,17-20,22,24,26-29,32-35,45-46,49-50H,3-5,7,9-10,15-16,21,23,25,30-31,36-44H2,1-2H3,(H,53,54)/b8-6+,13-11+,14-12+,19-17+,20-18+,24-22+,28-26+,29-27+,34-32+,35-33+/t45-,46+/m0/s1. The molecule has 1 unspecified atom stereocenters. The number of carbonyl (C=O) groups excluding carboxylic acids is 2. The van der Waals surface area contributed by atoms with E-state index in [0.29, 0.717) is 19.3 Å². The Kier molecular flexibility index (Phi) is 39.9. The summed E-state index contributed by atoms with van der Waals surface area (Å²) in [6.07, 6.45) is 54.7. The fraction of sp³-hybridized carbons (Fsp3) is 0.542. The molecule has 3 N–H and O–H groups in total. The molecule has 0 amide bonds. The molecule has 0 aromatic carbocycles. The maximum absolute atomic E-state index is 12.6. The van der Waals surface area contributed by atoms with Gasteiger partial charge in [0.25, 0.3) is 0 Å². The van der Waals surface area contributed by atoms with E-state index in [1.807, 2.05) is 24.3 Å². The minimum absolute atomic E-state index is 0.0823. The summed E-state index contributed by atoms with van der Waals surface area (Å²) in [6.45, 7) is 2.05. The molecule has 3 atom stereocenters. The predicted molar refractivity (Wildman–Crippen MR) is 242 cm³/mol. The highest BCUT2D eigenvalue weighted by molar-refractivity contribution is 7.47.